The highest BCUT2D eigenvalue weighted by atomic mass is 16.2. The van der Waals surface area contributed by atoms with Gasteiger partial charge in [0.25, 0.3) is 5.56 Å². The maximum Gasteiger partial charge on any atom is 0.275 e. The summed E-state index contributed by atoms with van der Waals surface area (Å²) < 4.78 is 2.97. The Labute approximate surface area is 166 Å². The lowest BCUT2D eigenvalue weighted by atomic mass is 10.0. The van der Waals surface area contributed by atoms with Gasteiger partial charge in [-0.1, -0.05) is 13.0 Å². The maximum atomic E-state index is 12.9. The van der Waals surface area contributed by atoms with Crippen molar-refractivity contribution >= 4 is 28.0 Å². The maximum absolute atomic E-state index is 12.9. The number of aryl methyl sites for hydroxylation is 1. The second kappa shape index (κ2) is 6.80. The molecule has 0 spiro atoms. The van der Waals surface area contributed by atoms with E-state index in [2.05, 4.69) is 26.7 Å². The van der Waals surface area contributed by atoms with Crippen LogP contribution in [0.3, 0.4) is 0 Å². The van der Waals surface area contributed by atoms with Gasteiger partial charge in [0.15, 0.2) is 5.65 Å². The van der Waals surface area contributed by atoms with Crippen molar-refractivity contribution in [3.05, 3.63) is 64.5 Å². The molecule has 0 saturated heterocycles. The number of rotatable bonds is 5. The molecule has 146 valence electrons. The van der Waals surface area contributed by atoms with Gasteiger partial charge in [-0.3, -0.25) is 14.0 Å². The molecule has 3 heterocycles. The summed E-state index contributed by atoms with van der Waals surface area (Å²) in [5.41, 5.74) is 3.15. The Kier molecular flexibility index (Phi) is 4.12. The zero-order chi connectivity index (χ0) is 20.0. The van der Waals surface area contributed by atoms with Gasteiger partial charge in [-0.15, -0.1) is 10.2 Å². The van der Waals surface area contributed by atoms with Gasteiger partial charge in [-0.2, -0.15) is 5.10 Å². The minimum atomic E-state index is -0.317. The van der Waals surface area contributed by atoms with Crippen LogP contribution < -0.4 is 10.9 Å². The normalized spacial score (nSPS) is 13.8. The molecule has 8 heteroatoms. The number of aromatic nitrogens is 5. The summed E-state index contributed by atoms with van der Waals surface area (Å²) in [4.78, 5) is 25.5. The molecule has 1 aliphatic rings. The number of amides is 1. The zero-order valence-corrected chi connectivity index (χ0v) is 16.0. The number of benzene rings is 1. The Morgan fingerprint density at radius 2 is 2.07 bits per heavy atom. The Bertz CT molecular complexity index is 1300. The lowest BCUT2D eigenvalue weighted by Crippen LogP contribution is -2.30. The number of anilines is 1. The number of nitrogens with zero attached hydrogens (tertiary/aromatic N) is 5. The first-order valence-corrected chi connectivity index (χ1v) is 9.75. The summed E-state index contributed by atoms with van der Waals surface area (Å²) in [7, 11) is 0. The highest BCUT2D eigenvalue weighted by Crippen LogP contribution is 2.40. The van der Waals surface area contributed by atoms with Crippen LogP contribution in [0, 0.1) is 0 Å². The zero-order valence-electron chi connectivity index (χ0n) is 16.0. The van der Waals surface area contributed by atoms with Gasteiger partial charge in [0.1, 0.15) is 12.9 Å². The predicted octanol–water partition coefficient (Wildman–Crippen LogP) is 2.52. The number of carbonyl (C=O) groups is 1. The molecule has 1 fully saturated rings. The van der Waals surface area contributed by atoms with Crippen LogP contribution >= 0.6 is 0 Å². The van der Waals surface area contributed by atoms with Crippen molar-refractivity contribution in [3.63, 3.8) is 0 Å². The standard InChI is InChI=1S/C21H20N6O2/c1-2-18-17-9-14(13-3-4-13)5-7-16(17)21(29)27(25-18)11-20(28)23-15-6-8-19-24-22-12-26(19)10-15/h5-10,12-13H,2-4,11H2,1H3,(H,23,28). The molecule has 0 atom stereocenters. The summed E-state index contributed by atoms with van der Waals surface area (Å²) in [6.45, 7) is 1.86. The lowest BCUT2D eigenvalue weighted by molar-refractivity contribution is -0.117. The third-order valence-corrected chi connectivity index (χ3v) is 5.31. The van der Waals surface area contributed by atoms with Crippen molar-refractivity contribution in [2.24, 2.45) is 0 Å². The fourth-order valence-electron chi connectivity index (χ4n) is 3.65. The van der Waals surface area contributed by atoms with Gasteiger partial charge in [0.2, 0.25) is 5.91 Å². The summed E-state index contributed by atoms with van der Waals surface area (Å²) in [5.74, 6) is 0.295. The van der Waals surface area contributed by atoms with E-state index in [1.54, 1.807) is 29.1 Å². The quantitative estimate of drug-likeness (QED) is 0.567. The molecule has 0 bridgehead atoms. The third-order valence-electron chi connectivity index (χ3n) is 5.31. The van der Waals surface area contributed by atoms with Crippen LogP contribution in [0.2, 0.25) is 0 Å². The molecule has 4 aromatic rings. The van der Waals surface area contributed by atoms with Crippen molar-refractivity contribution < 1.29 is 4.79 Å². The van der Waals surface area contributed by atoms with E-state index >= 15 is 0 Å². The first-order chi connectivity index (χ1) is 14.1. The molecule has 1 aromatic carbocycles. The van der Waals surface area contributed by atoms with Crippen molar-refractivity contribution in [2.45, 2.75) is 38.6 Å². The van der Waals surface area contributed by atoms with Crippen molar-refractivity contribution in [1.29, 1.82) is 0 Å². The minimum Gasteiger partial charge on any atom is -0.323 e. The molecule has 1 N–H and O–H groups in total. The monoisotopic (exact) mass is 388 g/mol. The molecule has 29 heavy (non-hydrogen) atoms. The number of carbonyl (C=O) groups excluding carboxylic acids is 1. The van der Waals surface area contributed by atoms with Crippen LogP contribution in [0.25, 0.3) is 16.4 Å². The van der Waals surface area contributed by atoms with E-state index in [0.717, 1.165) is 11.1 Å². The molecule has 8 nitrogen and oxygen atoms in total. The van der Waals surface area contributed by atoms with E-state index in [-0.39, 0.29) is 18.0 Å². The molecule has 0 unspecified atom stereocenters. The average molecular weight is 388 g/mol. The van der Waals surface area contributed by atoms with E-state index in [1.165, 1.54) is 23.1 Å². The lowest BCUT2D eigenvalue weighted by Gasteiger charge is -2.11. The number of hydrogen-bond acceptors (Lipinski definition) is 5. The van der Waals surface area contributed by atoms with E-state index in [1.807, 2.05) is 19.1 Å². The second-order valence-electron chi connectivity index (χ2n) is 7.40. The molecule has 0 radical (unpaired) electrons. The van der Waals surface area contributed by atoms with E-state index in [0.29, 0.717) is 29.1 Å². The van der Waals surface area contributed by atoms with Crippen LogP contribution in [0.1, 0.15) is 36.9 Å². The van der Waals surface area contributed by atoms with Crippen LogP contribution in [-0.2, 0) is 17.8 Å². The molecule has 1 saturated carbocycles. The predicted molar refractivity (Wildman–Crippen MR) is 109 cm³/mol. The smallest absolute Gasteiger partial charge is 0.275 e. The summed E-state index contributed by atoms with van der Waals surface area (Å²) in [5, 5.41) is 16.5. The summed E-state index contributed by atoms with van der Waals surface area (Å²) in [6, 6.07) is 9.50. The largest absolute Gasteiger partial charge is 0.323 e. The molecule has 0 aliphatic heterocycles. The number of fused-ring (bicyclic) bond motifs is 2. The number of pyridine rings is 1. The average Bonchev–Trinajstić information content (AvgIpc) is 3.47. The van der Waals surface area contributed by atoms with E-state index in [4.69, 9.17) is 0 Å². The Hall–Kier alpha value is -3.55. The van der Waals surface area contributed by atoms with E-state index < -0.39 is 0 Å². The van der Waals surface area contributed by atoms with Crippen LogP contribution in [0.15, 0.2) is 47.7 Å². The highest BCUT2D eigenvalue weighted by molar-refractivity contribution is 5.91. The van der Waals surface area contributed by atoms with Gasteiger partial charge in [-0.05, 0) is 55.0 Å². The van der Waals surface area contributed by atoms with Crippen LogP contribution in [-0.4, -0.2) is 30.3 Å². The topological polar surface area (TPSA) is 94.2 Å². The van der Waals surface area contributed by atoms with Crippen LogP contribution in [0.4, 0.5) is 5.69 Å². The minimum absolute atomic E-state index is 0.146. The van der Waals surface area contributed by atoms with Crippen LogP contribution in [0.5, 0.6) is 0 Å². The molecule has 1 amide bonds. The Morgan fingerprint density at radius 1 is 1.21 bits per heavy atom. The Balaban J connectivity index is 1.44. The SMILES string of the molecule is CCc1nn(CC(=O)Nc2ccc3nncn3c2)c(=O)c2ccc(C3CC3)cc12. The summed E-state index contributed by atoms with van der Waals surface area (Å²) >= 11 is 0. The van der Waals surface area contributed by atoms with Crippen molar-refractivity contribution in [2.75, 3.05) is 5.32 Å². The second-order valence-corrected chi connectivity index (χ2v) is 7.40. The van der Waals surface area contributed by atoms with Gasteiger partial charge in [0, 0.05) is 11.6 Å². The van der Waals surface area contributed by atoms with Gasteiger partial charge >= 0.3 is 0 Å². The molecule has 1 aliphatic carbocycles. The van der Waals surface area contributed by atoms with Crippen molar-refractivity contribution in [1.82, 2.24) is 24.4 Å². The molecule has 3 aromatic heterocycles. The fraction of sp³-hybridized carbons (Fsp3) is 0.286. The fourth-order valence-corrected chi connectivity index (χ4v) is 3.65. The van der Waals surface area contributed by atoms with Gasteiger partial charge in [0.05, 0.1) is 16.8 Å². The number of hydrogen-bond donors (Lipinski definition) is 1. The third kappa shape index (κ3) is 3.26. The number of nitrogens with one attached hydrogen (secondary N) is 1. The summed E-state index contributed by atoms with van der Waals surface area (Å²) in [6.07, 6.45) is 6.39. The highest BCUT2D eigenvalue weighted by Gasteiger charge is 2.24. The first kappa shape index (κ1) is 17.5. The van der Waals surface area contributed by atoms with Crippen molar-refractivity contribution in [3.8, 4) is 0 Å². The van der Waals surface area contributed by atoms with E-state index in [9.17, 15) is 9.59 Å². The molecular formula is C21H20N6O2. The molecule has 5 rings (SSSR count). The van der Waals surface area contributed by atoms with Gasteiger partial charge < -0.3 is 5.32 Å². The first-order valence-electron chi connectivity index (χ1n) is 9.75. The Morgan fingerprint density at radius 3 is 2.86 bits per heavy atom. The molecular weight excluding hydrogens is 368 g/mol. The van der Waals surface area contributed by atoms with Gasteiger partial charge in [-0.25, -0.2) is 4.68 Å².